The molecule has 2 atom stereocenters. The smallest absolute Gasteiger partial charge is 0.224 e. The lowest BCUT2D eigenvalue weighted by Crippen LogP contribution is -2.34. The summed E-state index contributed by atoms with van der Waals surface area (Å²) in [7, 11) is 0. The van der Waals surface area contributed by atoms with Crippen LogP contribution in [0, 0.1) is 5.92 Å². The summed E-state index contributed by atoms with van der Waals surface area (Å²) < 4.78 is 0. The summed E-state index contributed by atoms with van der Waals surface area (Å²) in [5.74, 6) is -0.0398. The maximum Gasteiger partial charge on any atom is 0.224 e. The van der Waals surface area contributed by atoms with Gasteiger partial charge in [0.05, 0.1) is 12.0 Å². The van der Waals surface area contributed by atoms with Gasteiger partial charge in [0.2, 0.25) is 5.91 Å². The van der Waals surface area contributed by atoms with Crippen molar-refractivity contribution in [2.24, 2.45) is 5.92 Å². The molecule has 1 aromatic carbocycles. The lowest BCUT2D eigenvalue weighted by molar-refractivity contribution is -0.124. The predicted octanol–water partition coefficient (Wildman–Crippen LogP) is 1.75. The van der Waals surface area contributed by atoms with Gasteiger partial charge in [-0.15, -0.1) is 0 Å². The summed E-state index contributed by atoms with van der Waals surface area (Å²) in [6.45, 7) is 1.71. The van der Waals surface area contributed by atoms with Crippen molar-refractivity contribution in [3.63, 3.8) is 0 Å². The zero-order chi connectivity index (χ0) is 13.8. The number of hydrogen-bond donors (Lipinski definition) is 3. The molecule has 2 unspecified atom stereocenters. The summed E-state index contributed by atoms with van der Waals surface area (Å²) in [5, 5.41) is 16.8. The molecule has 104 valence electrons. The van der Waals surface area contributed by atoms with Gasteiger partial charge in [-0.2, -0.15) is 0 Å². The Balaban J connectivity index is 1.89. The van der Waals surface area contributed by atoms with E-state index in [-0.39, 0.29) is 18.4 Å². The molecule has 19 heavy (non-hydrogen) atoms. The van der Waals surface area contributed by atoms with Crippen LogP contribution >= 0.6 is 23.2 Å². The molecule has 1 fully saturated rings. The Morgan fingerprint density at radius 3 is 2.95 bits per heavy atom. The number of rotatable bonds is 4. The van der Waals surface area contributed by atoms with Crippen LogP contribution in [-0.4, -0.2) is 30.6 Å². The lowest BCUT2D eigenvalue weighted by atomic mass is 10.1. The van der Waals surface area contributed by atoms with Crippen LogP contribution in [0.3, 0.4) is 0 Å². The highest BCUT2D eigenvalue weighted by Gasteiger charge is 2.23. The minimum absolute atomic E-state index is 0.00658. The molecule has 1 saturated heterocycles. The topological polar surface area (TPSA) is 61.4 Å². The van der Waals surface area contributed by atoms with Gasteiger partial charge in [-0.1, -0.05) is 29.3 Å². The number of aliphatic hydroxyl groups is 1. The fraction of sp³-hybridized carbons (Fsp3) is 0.462. The van der Waals surface area contributed by atoms with E-state index in [0.29, 0.717) is 22.2 Å². The number of benzene rings is 1. The third-order valence-electron chi connectivity index (χ3n) is 3.22. The quantitative estimate of drug-likeness (QED) is 0.794. The number of aliphatic hydroxyl groups excluding tert-OH is 1. The van der Waals surface area contributed by atoms with Crippen LogP contribution in [-0.2, 0) is 4.79 Å². The molecule has 1 amide bonds. The number of carbonyl (C=O) groups is 1. The van der Waals surface area contributed by atoms with Crippen molar-refractivity contribution in [3.8, 4) is 0 Å². The molecule has 0 aromatic heterocycles. The molecular weight excluding hydrogens is 287 g/mol. The van der Waals surface area contributed by atoms with Gasteiger partial charge in [0.1, 0.15) is 0 Å². The van der Waals surface area contributed by atoms with E-state index >= 15 is 0 Å². The van der Waals surface area contributed by atoms with Gasteiger partial charge < -0.3 is 15.7 Å². The molecule has 0 spiro atoms. The Labute approximate surface area is 122 Å². The van der Waals surface area contributed by atoms with Gasteiger partial charge in [-0.05, 0) is 25.1 Å². The van der Waals surface area contributed by atoms with Crippen LogP contribution in [0.1, 0.15) is 18.1 Å². The van der Waals surface area contributed by atoms with Crippen LogP contribution in [0.25, 0.3) is 0 Å². The first-order valence-corrected chi connectivity index (χ1v) is 6.95. The van der Waals surface area contributed by atoms with Crippen molar-refractivity contribution in [3.05, 3.63) is 33.8 Å². The third-order valence-corrected chi connectivity index (χ3v) is 3.78. The maximum atomic E-state index is 11.8. The molecule has 0 radical (unpaired) electrons. The number of carbonyl (C=O) groups excluding carboxylic acids is 1. The second-order valence-corrected chi connectivity index (χ2v) is 5.46. The number of halogens is 2. The second kappa shape index (κ2) is 6.57. The van der Waals surface area contributed by atoms with E-state index in [1.807, 2.05) is 0 Å². The highest BCUT2D eigenvalue weighted by molar-refractivity contribution is 6.35. The molecule has 1 aromatic rings. The van der Waals surface area contributed by atoms with Crippen LogP contribution in [0.2, 0.25) is 10.0 Å². The molecule has 1 heterocycles. The molecule has 4 nitrogen and oxygen atoms in total. The zero-order valence-corrected chi connectivity index (χ0v) is 11.8. The molecule has 1 aliphatic heterocycles. The minimum Gasteiger partial charge on any atom is -0.387 e. The first-order chi connectivity index (χ1) is 9.08. The van der Waals surface area contributed by atoms with Crippen LogP contribution in [0.5, 0.6) is 0 Å². The molecule has 0 saturated carbocycles. The van der Waals surface area contributed by atoms with Crippen molar-refractivity contribution >= 4 is 29.1 Å². The van der Waals surface area contributed by atoms with E-state index in [9.17, 15) is 9.90 Å². The highest BCUT2D eigenvalue weighted by Crippen LogP contribution is 2.26. The van der Waals surface area contributed by atoms with E-state index in [0.717, 1.165) is 13.0 Å². The summed E-state index contributed by atoms with van der Waals surface area (Å²) >= 11 is 11.8. The Bertz CT molecular complexity index is 462. The van der Waals surface area contributed by atoms with E-state index in [2.05, 4.69) is 10.6 Å². The number of nitrogens with one attached hydrogen (secondary N) is 2. The van der Waals surface area contributed by atoms with Gasteiger partial charge in [0.25, 0.3) is 0 Å². The van der Waals surface area contributed by atoms with Crippen molar-refractivity contribution in [2.75, 3.05) is 19.6 Å². The zero-order valence-electron chi connectivity index (χ0n) is 10.3. The maximum absolute atomic E-state index is 11.8. The van der Waals surface area contributed by atoms with Crippen molar-refractivity contribution in [2.45, 2.75) is 12.5 Å². The molecule has 2 rings (SSSR count). The highest BCUT2D eigenvalue weighted by atomic mass is 35.5. The normalized spacial score (nSPS) is 20.3. The summed E-state index contributed by atoms with van der Waals surface area (Å²) in [6, 6.07) is 4.90. The van der Waals surface area contributed by atoms with Crippen molar-refractivity contribution in [1.82, 2.24) is 10.6 Å². The van der Waals surface area contributed by atoms with Gasteiger partial charge in [-0.25, -0.2) is 0 Å². The third kappa shape index (κ3) is 3.83. The van der Waals surface area contributed by atoms with E-state index in [4.69, 9.17) is 23.2 Å². The Hall–Kier alpha value is -0.810. The van der Waals surface area contributed by atoms with Crippen LogP contribution in [0.4, 0.5) is 0 Å². The summed E-state index contributed by atoms with van der Waals surface area (Å²) in [6.07, 6.45) is 0.00645. The summed E-state index contributed by atoms with van der Waals surface area (Å²) in [4.78, 5) is 11.8. The molecule has 1 aliphatic rings. The molecule has 0 bridgehead atoms. The van der Waals surface area contributed by atoms with Gasteiger partial charge in [0.15, 0.2) is 0 Å². The van der Waals surface area contributed by atoms with E-state index in [1.165, 1.54) is 0 Å². The second-order valence-electron chi connectivity index (χ2n) is 4.62. The fourth-order valence-corrected chi connectivity index (χ4v) is 2.64. The monoisotopic (exact) mass is 302 g/mol. The molecular formula is C13H16Cl2N2O2. The summed E-state index contributed by atoms with van der Waals surface area (Å²) in [5.41, 5.74) is 0.566. The average Bonchev–Trinajstić information content (AvgIpc) is 2.89. The van der Waals surface area contributed by atoms with Crippen LogP contribution in [0.15, 0.2) is 18.2 Å². The van der Waals surface area contributed by atoms with Gasteiger partial charge in [0, 0.05) is 28.7 Å². The van der Waals surface area contributed by atoms with Crippen molar-refractivity contribution < 1.29 is 9.90 Å². The van der Waals surface area contributed by atoms with Gasteiger partial charge in [-0.3, -0.25) is 4.79 Å². The first kappa shape index (κ1) is 14.6. The standard InChI is InChI=1S/C13H16Cl2N2O2/c14-9-1-2-10(11(15)5-9)12(18)7-17-13(19)8-3-4-16-6-8/h1-2,5,8,12,16,18H,3-4,6-7H2,(H,17,19). The Morgan fingerprint density at radius 2 is 2.32 bits per heavy atom. The predicted molar refractivity (Wildman–Crippen MR) is 75.4 cm³/mol. The van der Waals surface area contributed by atoms with E-state index < -0.39 is 6.10 Å². The largest absolute Gasteiger partial charge is 0.387 e. The average molecular weight is 303 g/mol. The van der Waals surface area contributed by atoms with Gasteiger partial charge >= 0.3 is 0 Å². The number of amides is 1. The van der Waals surface area contributed by atoms with E-state index in [1.54, 1.807) is 18.2 Å². The van der Waals surface area contributed by atoms with Crippen molar-refractivity contribution in [1.29, 1.82) is 0 Å². The Kier molecular flexibility index (Phi) is 5.05. The first-order valence-electron chi connectivity index (χ1n) is 6.19. The minimum atomic E-state index is -0.830. The molecule has 6 heteroatoms. The molecule has 3 N–H and O–H groups in total. The lowest BCUT2D eigenvalue weighted by Gasteiger charge is -2.15. The van der Waals surface area contributed by atoms with Crippen LogP contribution < -0.4 is 10.6 Å². The SMILES string of the molecule is O=C(NCC(O)c1ccc(Cl)cc1Cl)C1CCNC1. The Morgan fingerprint density at radius 1 is 1.53 bits per heavy atom. The number of hydrogen-bond acceptors (Lipinski definition) is 3. The molecule has 0 aliphatic carbocycles. The fourth-order valence-electron chi connectivity index (χ4n) is 2.10.